The van der Waals surface area contributed by atoms with Gasteiger partial charge in [0.2, 0.25) is 0 Å². The molecule has 1 rings (SSSR count). The summed E-state index contributed by atoms with van der Waals surface area (Å²) in [4.78, 5) is 16.2. The molecule has 0 unspecified atom stereocenters. The summed E-state index contributed by atoms with van der Waals surface area (Å²) in [5.41, 5.74) is 1.76. The van der Waals surface area contributed by atoms with Gasteiger partial charge in [-0.05, 0) is 38.9 Å². The molecule has 2 N–H and O–H groups in total. The number of carbonyl (C=O) groups excluding carboxylic acids is 1. The van der Waals surface area contributed by atoms with Crippen LogP contribution in [-0.4, -0.2) is 30.6 Å². The minimum Gasteiger partial charge on any atom is -0.482 e. The van der Waals surface area contributed by atoms with Gasteiger partial charge in [-0.15, -0.1) is 0 Å². The maximum atomic E-state index is 11.8. The zero-order valence-corrected chi connectivity index (χ0v) is 12.8. The number of ether oxygens (including phenoxy) is 1. The van der Waals surface area contributed by atoms with Crippen molar-refractivity contribution in [3.8, 4) is 5.75 Å². The van der Waals surface area contributed by atoms with E-state index in [2.05, 4.69) is 29.5 Å². The number of amides is 1. The van der Waals surface area contributed by atoms with Crippen LogP contribution in [0.5, 0.6) is 5.75 Å². The second kappa shape index (κ2) is 8.53. The molecule has 0 atom stereocenters. The maximum Gasteiger partial charge on any atom is 0.258 e. The Bertz CT molecular complexity index is 431. The van der Waals surface area contributed by atoms with E-state index in [-0.39, 0.29) is 18.6 Å². The molecule has 0 saturated carbocycles. The highest BCUT2D eigenvalue weighted by atomic mass is 16.5. The fraction of sp³-hybridized carbons (Fsp3) is 0.600. The Kier molecular flexibility index (Phi) is 7.01. The molecule has 0 aromatic carbocycles. The van der Waals surface area contributed by atoms with Gasteiger partial charge in [0.15, 0.2) is 6.61 Å². The Morgan fingerprint density at radius 2 is 2.05 bits per heavy atom. The van der Waals surface area contributed by atoms with E-state index < -0.39 is 0 Å². The Balaban J connectivity index is 2.58. The average molecular weight is 279 g/mol. The van der Waals surface area contributed by atoms with Crippen molar-refractivity contribution in [2.45, 2.75) is 46.2 Å². The van der Waals surface area contributed by atoms with Crippen molar-refractivity contribution >= 4 is 5.91 Å². The number of rotatable bonds is 8. The summed E-state index contributed by atoms with van der Waals surface area (Å²) >= 11 is 0. The van der Waals surface area contributed by atoms with Gasteiger partial charge in [-0.3, -0.25) is 9.78 Å². The van der Waals surface area contributed by atoms with E-state index in [4.69, 9.17) is 4.74 Å². The van der Waals surface area contributed by atoms with Crippen molar-refractivity contribution in [3.63, 3.8) is 0 Å². The quantitative estimate of drug-likeness (QED) is 0.761. The molecule has 0 fully saturated rings. The molecule has 0 saturated heterocycles. The number of hydrogen-bond donors (Lipinski definition) is 2. The fourth-order valence-corrected chi connectivity index (χ4v) is 1.93. The van der Waals surface area contributed by atoms with Gasteiger partial charge < -0.3 is 15.4 Å². The van der Waals surface area contributed by atoms with Crippen LogP contribution in [0.2, 0.25) is 0 Å². The Morgan fingerprint density at radius 1 is 1.35 bits per heavy atom. The van der Waals surface area contributed by atoms with Gasteiger partial charge in [0.1, 0.15) is 5.75 Å². The van der Waals surface area contributed by atoms with Crippen LogP contribution in [-0.2, 0) is 11.3 Å². The Labute approximate surface area is 121 Å². The molecule has 1 aromatic heterocycles. The number of carbonyl (C=O) groups is 1. The summed E-state index contributed by atoms with van der Waals surface area (Å²) in [7, 11) is 1.85. The molecule has 20 heavy (non-hydrogen) atoms. The zero-order valence-electron chi connectivity index (χ0n) is 12.8. The number of nitrogens with one attached hydrogen (secondary N) is 2. The summed E-state index contributed by atoms with van der Waals surface area (Å²) in [6, 6.07) is 3.96. The normalized spacial score (nSPS) is 10.7. The van der Waals surface area contributed by atoms with Crippen LogP contribution in [0, 0.1) is 6.92 Å². The number of pyridine rings is 1. The monoisotopic (exact) mass is 279 g/mol. The van der Waals surface area contributed by atoms with E-state index in [9.17, 15) is 4.79 Å². The maximum absolute atomic E-state index is 11.8. The van der Waals surface area contributed by atoms with Crippen LogP contribution in [0.1, 0.15) is 38.1 Å². The molecule has 0 radical (unpaired) electrons. The largest absolute Gasteiger partial charge is 0.482 e. The molecule has 1 aromatic rings. The van der Waals surface area contributed by atoms with E-state index in [1.54, 1.807) is 0 Å². The summed E-state index contributed by atoms with van der Waals surface area (Å²) in [5, 5.41) is 6.00. The molecule has 5 nitrogen and oxygen atoms in total. The van der Waals surface area contributed by atoms with Gasteiger partial charge in [0, 0.05) is 18.3 Å². The topological polar surface area (TPSA) is 63.2 Å². The molecule has 0 aliphatic rings. The second-order valence-corrected chi connectivity index (χ2v) is 4.80. The molecule has 0 spiro atoms. The first-order valence-corrected chi connectivity index (χ1v) is 7.13. The van der Waals surface area contributed by atoms with E-state index in [0.717, 1.165) is 24.2 Å². The standard InChI is InChI=1S/C15H25N3O2/c1-5-12(6-2)18-15(19)10-20-14-8-7-11(3)17-13(14)9-16-4/h7-8,12,16H,5-6,9-10H2,1-4H3,(H,18,19). The van der Waals surface area contributed by atoms with Gasteiger partial charge in [-0.2, -0.15) is 0 Å². The minimum absolute atomic E-state index is 0.0257. The Morgan fingerprint density at radius 3 is 2.65 bits per heavy atom. The van der Waals surface area contributed by atoms with Crippen LogP contribution in [0.4, 0.5) is 0 Å². The molecule has 0 aliphatic carbocycles. The van der Waals surface area contributed by atoms with Crippen molar-refractivity contribution in [1.29, 1.82) is 0 Å². The molecule has 0 bridgehead atoms. The van der Waals surface area contributed by atoms with Crippen molar-refractivity contribution < 1.29 is 9.53 Å². The Hall–Kier alpha value is -1.62. The first-order chi connectivity index (χ1) is 9.60. The van der Waals surface area contributed by atoms with E-state index in [1.165, 1.54) is 0 Å². The van der Waals surface area contributed by atoms with Crippen LogP contribution < -0.4 is 15.4 Å². The highest BCUT2D eigenvalue weighted by Gasteiger charge is 2.11. The third-order valence-corrected chi connectivity index (χ3v) is 3.13. The number of aromatic nitrogens is 1. The highest BCUT2D eigenvalue weighted by Crippen LogP contribution is 2.16. The molecule has 1 heterocycles. The van der Waals surface area contributed by atoms with Crippen molar-refractivity contribution in [2.75, 3.05) is 13.7 Å². The molecule has 1 amide bonds. The summed E-state index contributed by atoms with van der Waals surface area (Å²) in [5.74, 6) is 0.569. The lowest BCUT2D eigenvalue weighted by atomic mass is 10.2. The average Bonchev–Trinajstić information content (AvgIpc) is 2.44. The SMILES string of the molecule is CCC(CC)NC(=O)COc1ccc(C)nc1CNC. The lowest BCUT2D eigenvalue weighted by Gasteiger charge is -2.16. The van der Waals surface area contributed by atoms with Crippen LogP contribution in [0.3, 0.4) is 0 Å². The minimum atomic E-state index is -0.0883. The smallest absolute Gasteiger partial charge is 0.258 e. The molecular weight excluding hydrogens is 254 g/mol. The molecular formula is C15H25N3O2. The lowest BCUT2D eigenvalue weighted by Crippen LogP contribution is -2.37. The van der Waals surface area contributed by atoms with Crippen molar-refractivity contribution in [1.82, 2.24) is 15.6 Å². The van der Waals surface area contributed by atoms with Crippen molar-refractivity contribution in [2.24, 2.45) is 0 Å². The fourth-order valence-electron chi connectivity index (χ4n) is 1.93. The van der Waals surface area contributed by atoms with Gasteiger partial charge in [-0.1, -0.05) is 13.8 Å². The predicted octanol–water partition coefficient (Wildman–Crippen LogP) is 1.79. The first kappa shape index (κ1) is 16.4. The number of nitrogens with zero attached hydrogens (tertiary/aromatic N) is 1. The second-order valence-electron chi connectivity index (χ2n) is 4.80. The predicted molar refractivity (Wildman–Crippen MR) is 79.7 cm³/mol. The summed E-state index contributed by atoms with van der Waals surface area (Å²) in [6.45, 7) is 6.69. The van der Waals surface area contributed by atoms with Gasteiger partial charge >= 0.3 is 0 Å². The third-order valence-electron chi connectivity index (χ3n) is 3.13. The van der Waals surface area contributed by atoms with E-state index >= 15 is 0 Å². The van der Waals surface area contributed by atoms with Crippen LogP contribution >= 0.6 is 0 Å². The van der Waals surface area contributed by atoms with E-state index in [1.807, 2.05) is 26.1 Å². The zero-order chi connectivity index (χ0) is 15.0. The first-order valence-electron chi connectivity index (χ1n) is 7.13. The van der Waals surface area contributed by atoms with Gasteiger partial charge in [0.05, 0.1) is 5.69 Å². The number of aryl methyl sites for hydroxylation is 1. The summed E-state index contributed by atoms with van der Waals surface area (Å²) < 4.78 is 5.58. The summed E-state index contributed by atoms with van der Waals surface area (Å²) in [6.07, 6.45) is 1.86. The van der Waals surface area contributed by atoms with Crippen LogP contribution in [0.25, 0.3) is 0 Å². The molecule has 112 valence electrons. The van der Waals surface area contributed by atoms with E-state index in [0.29, 0.717) is 12.3 Å². The van der Waals surface area contributed by atoms with Gasteiger partial charge in [0.25, 0.3) is 5.91 Å². The lowest BCUT2D eigenvalue weighted by molar-refractivity contribution is -0.123. The number of hydrogen-bond acceptors (Lipinski definition) is 4. The van der Waals surface area contributed by atoms with Gasteiger partial charge in [-0.25, -0.2) is 0 Å². The molecule has 5 heteroatoms. The highest BCUT2D eigenvalue weighted by molar-refractivity contribution is 5.77. The third kappa shape index (κ3) is 5.17. The van der Waals surface area contributed by atoms with Crippen LogP contribution in [0.15, 0.2) is 12.1 Å². The van der Waals surface area contributed by atoms with Crippen molar-refractivity contribution in [3.05, 3.63) is 23.5 Å². The molecule has 0 aliphatic heterocycles.